The predicted octanol–water partition coefficient (Wildman–Crippen LogP) is 2.13. The standard InChI is InChI=1S/C15H16N6/c16-7-5-10-1-3-11(4-2-10)13-14-12-6-8-17-15(12)18-9-21(14)20-19-13/h5-6,8-9,11,13,19-20H,1-4H2. The van der Waals surface area contributed by atoms with Crippen molar-refractivity contribution in [2.75, 3.05) is 5.53 Å². The molecular formula is C15H16N6. The zero-order chi connectivity index (χ0) is 14.2. The third-order valence-corrected chi connectivity index (χ3v) is 4.56. The summed E-state index contributed by atoms with van der Waals surface area (Å²) in [6.07, 6.45) is 9.54. The number of nitrogens with one attached hydrogen (secondary N) is 2. The quantitative estimate of drug-likeness (QED) is 0.782. The first-order chi connectivity index (χ1) is 10.4. The second-order valence-corrected chi connectivity index (χ2v) is 5.68. The van der Waals surface area contributed by atoms with E-state index in [4.69, 9.17) is 5.26 Å². The molecule has 0 amide bonds. The van der Waals surface area contributed by atoms with Gasteiger partial charge in [0.25, 0.3) is 0 Å². The Kier molecular flexibility index (Phi) is 2.86. The van der Waals surface area contributed by atoms with Crippen LogP contribution in [-0.4, -0.2) is 14.6 Å². The highest BCUT2D eigenvalue weighted by Gasteiger charge is 2.34. The van der Waals surface area contributed by atoms with Gasteiger partial charge < -0.3 is 0 Å². The molecule has 0 aromatic carbocycles. The summed E-state index contributed by atoms with van der Waals surface area (Å²) in [5, 5.41) is 8.75. The number of nitriles is 1. The topological polar surface area (TPSA) is 78.6 Å². The zero-order valence-corrected chi connectivity index (χ0v) is 11.6. The van der Waals surface area contributed by atoms with Crippen molar-refractivity contribution in [3.8, 4) is 17.5 Å². The number of hydrazine groups is 1. The van der Waals surface area contributed by atoms with E-state index in [-0.39, 0.29) is 6.04 Å². The molecule has 0 saturated heterocycles. The van der Waals surface area contributed by atoms with Crippen LogP contribution >= 0.6 is 0 Å². The predicted molar refractivity (Wildman–Crippen MR) is 77.5 cm³/mol. The smallest absolute Gasteiger partial charge is 0.162 e. The summed E-state index contributed by atoms with van der Waals surface area (Å²) in [4.78, 5) is 8.62. The number of fused-ring (bicyclic) bond motifs is 3. The lowest BCUT2D eigenvalue weighted by Gasteiger charge is -2.28. The van der Waals surface area contributed by atoms with Crippen molar-refractivity contribution in [1.82, 2.24) is 20.1 Å². The van der Waals surface area contributed by atoms with Gasteiger partial charge in [0.05, 0.1) is 17.8 Å². The molecule has 6 heteroatoms. The molecule has 1 saturated carbocycles. The number of aromatic nitrogens is 3. The maximum absolute atomic E-state index is 8.75. The van der Waals surface area contributed by atoms with Crippen LogP contribution in [0.4, 0.5) is 0 Å². The molecule has 1 atom stereocenters. The minimum Gasteiger partial charge on any atom is -0.257 e. The summed E-state index contributed by atoms with van der Waals surface area (Å²) in [5.74, 6) is 1.36. The van der Waals surface area contributed by atoms with Crippen LogP contribution in [0.25, 0.3) is 11.4 Å². The lowest BCUT2D eigenvalue weighted by molar-refractivity contribution is 0.321. The fraction of sp³-hybridized carbons (Fsp3) is 0.400. The van der Waals surface area contributed by atoms with E-state index in [0.717, 1.165) is 37.1 Å². The maximum atomic E-state index is 8.75. The first-order valence-corrected chi connectivity index (χ1v) is 7.28. The molecule has 3 aliphatic heterocycles. The van der Waals surface area contributed by atoms with Crippen LogP contribution in [0.3, 0.4) is 0 Å². The first-order valence-electron chi connectivity index (χ1n) is 7.28. The van der Waals surface area contributed by atoms with E-state index in [1.54, 1.807) is 12.4 Å². The summed E-state index contributed by atoms with van der Waals surface area (Å²) in [7, 11) is 0. The summed E-state index contributed by atoms with van der Waals surface area (Å²) < 4.78 is 1.95. The van der Waals surface area contributed by atoms with Crippen molar-refractivity contribution in [3.63, 3.8) is 0 Å². The van der Waals surface area contributed by atoms with E-state index >= 15 is 0 Å². The average molecular weight is 280 g/mol. The van der Waals surface area contributed by atoms with Crippen LogP contribution in [0.5, 0.6) is 0 Å². The highest BCUT2D eigenvalue weighted by atomic mass is 15.7. The first kappa shape index (κ1) is 12.4. The van der Waals surface area contributed by atoms with E-state index in [1.165, 1.54) is 11.3 Å². The van der Waals surface area contributed by atoms with Crippen LogP contribution in [0.15, 0.2) is 30.2 Å². The van der Waals surface area contributed by atoms with Gasteiger partial charge in [-0.15, -0.1) is 0 Å². The summed E-state index contributed by atoms with van der Waals surface area (Å²) in [5.41, 5.74) is 10.2. The SMILES string of the molecule is N#CC=C1CCC(C2NNn3cnc4nccc-4c32)CC1. The summed E-state index contributed by atoms with van der Waals surface area (Å²) >= 11 is 0. The van der Waals surface area contributed by atoms with Gasteiger partial charge in [-0.05, 0) is 37.7 Å². The van der Waals surface area contributed by atoms with Crippen molar-refractivity contribution in [3.05, 3.63) is 35.9 Å². The number of allylic oxidation sites excluding steroid dienone is 2. The van der Waals surface area contributed by atoms with E-state index in [0.29, 0.717) is 5.92 Å². The van der Waals surface area contributed by atoms with E-state index < -0.39 is 0 Å². The lowest BCUT2D eigenvalue weighted by atomic mass is 9.80. The summed E-state index contributed by atoms with van der Waals surface area (Å²) in [6, 6.07) is 4.44. The molecule has 2 N–H and O–H groups in total. The van der Waals surface area contributed by atoms with E-state index in [2.05, 4.69) is 27.0 Å². The Morgan fingerprint density at radius 2 is 2.19 bits per heavy atom. The fourth-order valence-electron chi connectivity index (χ4n) is 3.47. The largest absolute Gasteiger partial charge is 0.257 e. The molecule has 1 unspecified atom stereocenters. The van der Waals surface area contributed by atoms with Gasteiger partial charge in [0.2, 0.25) is 0 Å². The normalized spacial score (nSPS) is 24.4. The number of hydrogen-bond donors (Lipinski definition) is 2. The molecule has 106 valence electrons. The molecular weight excluding hydrogens is 264 g/mol. The second kappa shape index (κ2) is 4.86. The minimum atomic E-state index is 0.267. The van der Waals surface area contributed by atoms with Crippen molar-refractivity contribution >= 4 is 0 Å². The molecule has 0 spiro atoms. The highest BCUT2D eigenvalue weighted by molar-refractivity contribution is 5.61. The van der Waals surface area contributed by atoms with E-state index in [9.17, 15) is 0 Å². The van der Waals surface area contributed by atoms with Gasteiger partial charge in [-0.25, -0.2) is 20.1 Å². The Hall–Kier alpha value is -2.39. The van der Waals surface area contributed by atoms with Gasteiger partial charge in [0, 0.05) is 17.8 Å². The minimum absolute atomic E-state index is 0.267. The average Bonchev–Trinajstić information content (AvgIpc) is 3.14. The Morgan fingerprint density at radius 3 is 3.00 bits per heavy atom. The number of nitrogens with zero attached hydrogens (tertiary/aromatic N) is 4. The Balaban J connectivity index is 1.62. The van der Waals surface area contributed by atoms with Gasteiger partial charge >= 0.3 is 0 Å². The van der Waals surface area contributed by atoms with Crippen molar-refractivity contribution in [2.45, 2.75) is 31.7 Å². The van der Waals surface area contributed by atoms with Crippen LogP contribution in [-0.2, 0) is 0 Å². The van der Waals surface area contributed by atoms with Crippen LogP contribution in [0, 0.1) is 17.2 Å². The van der Waals surface area contributed by atoms with Gasteiger partial charge in [-0.1, -0.05) is 5.57 Å². The fourth-order valence-corrected chi connectivity index (χ4v) is 3.47. The van der Waals surface area contributed by atoms with Gasteiger partial charge in [0.1, 0.15) is 6.33 Å². The van der Waals surface area contributed by atoms with Crippen molar-refractivity contribution in [2.24, 2.45) is 5.92 Å². The summed E-state index contributed by atoms with van der Waals surface area (Å²) in [6.45, 7) is 0. The molecule has 4 aliphatic rings. The molecule has 0 aromatic heterocycles. The molecule has 0 radical (unpaired) electrons. The highest BCUT2D eigenvalue weighted by Crippen LogP contribution is 2.40. The molecule has 21 heavy (non-hydrogen) atoms. The third kappa shape index (κ3) is 1.98. The molecule has 0 bridgehead atoms. The Bertz CT molecular complexity index is 699. The number of hydrogen-bond acceptors (Lipinski definition) is 5. The van der Waals surface area contributed by atoms with Crippen LogP contribution in [0.1, 0.15) is 37.4 Å². The molecule has 6 nitrogen and oxygen atoms in total. The second-order valence-electron chi connectivity index (χ2n) is 5.68. The van der Waals surface area contributed by atoms with E-state index in [1.807, 2.05) is 16.9 Å². The molecule has 1 fully saturated rings. The van der Waals surface area contributed by atoms with Gasteiger partial charge in [0.15, 0.2) is 5.82 Å². The zero-order valence-electron chi connectivity index (χ0n) is 11.6. The lowest BCUT2D eigenvalue weighted by Crippen LogP contribution is -2.28. The third-order valence-electron chi connectivity index (χ3n) is 4.56. The van der Waals surface area contributed by atoms with Crippen molar-refractivity contribution in [1.29, 1.82) is 5.26 Å². The molecule has 3 heterocycles. The van der Waals surface area contributed by atoms with Gasteiger partial charge in [-0.3, -0.25) is 5.53 Å². The van der Waals surface area contributed by atoms with Crippen molar-refractivity contribution < 1.29 is 0 Å². The number of rotatable bonds is 1. The Morgan fingerprint density at radius 1 is 1.33 bits per heavy atom. The Labute approximate surface area is 122 Å². The maximum Gasteiger partial charge on any atom is 0.162 e. The van der Waals surface area contributed by atoms with Crippen LogP contribution < -0.4 is 11.0 Å². The molecule has 4 rings (SSSR count). The molecule has 0 aromatic rings. The monoisotopic (exact) mass is 280 g/mol. The van der Waals surface area contributed by atoms with Crippen LogP contribution in [0.2, 0.25) is 0 Å². The molecule has 1 aliphatic carbocycles. The van der Waals surface area contributed by atoms with Gasteiger partial charge in [-0.2, -0.15) is 5.26 Å².